The number of rotatable bonds is 5. The van der Waals surface area contributed by atoms with E-state index in [1.807, 2.05) is 0 Å². The van der Waals surface area contributed by atoms with Crippen LogP contribution in [0.2, 0.25) is 0 Å². The van der Waals surface area contributed by atoms with Gasteiger partial charge in [-0.3, -0.25) is 4.72 Å². The molecule has 102 valence electrons. The third-order valence-corrected chi connectivity index (χ3v) is 3.41. The lowest BCUT2D eigenvalue weighted by atomic mass is 10.3. The number of sulfonamides is 1. The topological polar surface area (TPSA) is 72.2 Å². The van der Waals surface area contributed by atoms with Crippen molar-refractivity contribution in [3.63, 3.8) is 0 Å². The number of hydrogen-bond acceptors (Lipinski definition) is 3. The molecular weight excluding hydrogens is 269 g/mol. The van der Waals surface area contributed by atoms with Gasteiger partial charge in [0.25, 0.3) is 0 Å². The van der Waals surface area contributed by atoms with Crippen LogP contribution in [0.5, 0.6) is 0 Å². The molecule has 0 fully saturated rings. The molecular formula is C10H13F3N2O2S. The summed E-state index contributed by atoms with van der Waals surface area (Å²) in [6.45, 7) is 0. The molecule has 8 heteroatoms. The van der Waals surface area contributed by atoms with Gasteiger partial charge in [0.1, 0.15) is 0 Å². The van der Waals surface area contributed by atoms with E-state index < -0.39 is 34.8 Å². The lowest BCUT2D eigenvalue weighted by Crippen LogP contribution is -2.18. The van der Waals surface area contributed by atoms with Crippen LogP contribution in [0.25, 0.3) is 0 Å². The number of halogens is 3. The fraction of sp³-hybridized carbons (Fsp3) is 0.400. The maximum Gasteiger partial charge on any atom is 0.389 e. The van der Waals surface area contributed by atoms with Crippen molar-refractivity contribution in [1.29, 1.82) is 0 Å². The van der Waals surface area contributed by atoms with Crippen LogP contribution >= 0.6 is 0 Å². The number of nitrogen functional groups attached to an aromatic ring is 1. The molecule has 0 aliphatic rings. The van der Waals surface area contributed by atoms with Gasteiger partial charge >= 0.3 is 6.18 Å². The summed E-state index contributed by atoms with van der Waals surface area (Å²) in [5.74, 6) is -0.582. The molecule has 3 N–H and O–H groups in total. The molecule has 0 aliphatic heterocycles. The lowest BCUT2D eigenvalue weighted by Gasteiger charge is -2.09. The second-order valence-corrected chi connectivity index (χ2v) is 5.61. The maximum absolute atomic E-state index is 11.9. The van der Waals surface area contributed by atoms with Crippen LogP contribution in [0.15, 0.2) is 24.3 Å². The standard InChI is InChI=1S/C10H13F3N2O2S/c11-10(12,13)5-2-6-18(16,17)15-9-4-1-3-8(14)7-9/h1,3-4,7,15H,2,5-6,14H2. The fourth-order valence-electron chi connectivity index (χ4n) is 1.30. The summed E-state index contributed by atoms with van der Waals surface area (Å²) in [4.78, 5) is 0. The molecule has 1 aromatic carbocycles. The molecule has 0 aromatic heterocycles. The largest absolute Gasteiger partial charge is 0.399 e. The van der Waals surface area contributed by atoms with Gasteiger partial charge in [0.15, 0.2) is 0 Å². The molecule has 0 amide bonds. The van der Waals surface area contributed by atoms with Crippen molar-refractivity contribution < 1.29 is 21.6 Å². The third kappa shape index (κ3) is 5.76. The minimum Gasteiger partial charge on any atom is -0.399 e. The summed E-state index contributed by atoms with van der Waals surface area (Å²) >= 11 is 0. The van der Waals surface area contributed by atoms with Gasteiger partial charge in [0.2, 0.25) is 10.0 Å². The predicted octanol–water partition coefficient (Wildman–Crippen LogP) is 2.35. The molecule has 0 atom stereocenters. The first kappa shape index (κ1) is 14.6. The Morgan fingerprint density at radius 3 is 2.50 bits per heavy atom. The highest BCUT2D eigenvalue weighted by Crippen LogP contribution is 2.22. The van der Waals surface area contributed by atoms with Crippen molar-refractivity contribution in [2.75, 3.05) is 16.2 Å². The van der Waals surface area contributed by atoms with Crippen LogP contribution in [0.3, 0.4) is 0 Å². The van der Waals surface area contributed by atoms with E-state index in [1.165, 1.54) is 12.1 Å². The minimum atomic E-state index is -4.34. The second kappa shape index (κ2) is 5.47. The van der Waals surface area contributed by atoms with Gasteiger partial charge in [-0.1, -0.05) is 6.07 Å². The molecule has 0 aliphatic carbocycles. The molecule has 4 nitrogen and oxygen atoms in total. The highest BCUT2D eigenvalue weighted by atomic mass is 32.2. The van der Waals surface area contributed by atoms with Crippen molar-refractivity contribution >= 4 is 21.4 Å². The summed E-state index contributed by atoms with van der Waals surface area (Å²) < 4.78 is 60.8. The fourth-order valence-corrected chi connectivity index (χ4v) is 2.41. The quantitative estimate of drug-likeness (QED) is 0.814. The zero-order chi connectivity index (χ0) is 13.8. The number of nitrogens with one attached hydrogen (secondary N) is 1. The average Bonchev–Trinajstić information content (AvgIpc) is 2.13. The molecule has 0 saturated carbocycles. The summed E-state index contributed by atoms with van der Waals surface area (Å²) in [6.07, 6.45) is -5.93. The smallest absolute Gasteiger partial charge is 0.389 e. The van der Waals surface area contributed by atoms with E-state index in [-0.39, 0.29) is 5.69 Å². The maximum atomic E-state index is 11.9. The Morgan fingerprint density at radius 1 is 1.28 bits per heavy atom. The molecule has 18 heavy (non-hydrogen) atoms. The predicted molar refractivity (Wildman–Crippen MR) is 63.6 cm³/mol. The number of benzene rings is 1. The van der Waals surface area contributed by atoms with Gasteiger partial charge in [-0.25, -0.2) is 8.42 Å². The summed E-state index contributed by atoms with van der Waals surface area (Å²) in [6, 6.07) is 5.98. The van der Waals surface area contributed by atoms with E-state index in [0.717, 1.165) is 0 Å². The Morgan fingerprint density at radius 2 is 1.94 bits per heavy atom. The molecule has 0 heterocycles. The van der Waals surface area contributed by atoms with E-state index in [9.17, 15) is 21.6 Å². The lowest BCUT2D eigenvalue weighted by molar-refractivity contribution is -0.134. The van der Waals surface area contributed by atoms with Crippen molar-refractivity contribution in [2.45, 2.75) is 19.0 Å². The SMILES string of the molecule is Nc1cccc(NS(=O)(=O)CCCC(F)(F)F)c1. The molecule has 0 bridgehead atoms. The van der Waals surface area contributed by atoms with E-state index in [2.05, 4.69) is 4.72 Å². The number of alkyl halides is 3. The Bertz CT molecular complexity index is 500. The van der Waals surface area contributed by atoms with Crippen LogP contribution in [-0.2, 0) is 10.0 Å². The number of nitrogens with two attached hydrogens (primary N) is 1. The summed E-state index contributed by atoms with van der Waals surface area (Å²) in [7, 11) is -3.78. The summed E-state index contributed by atoms with van der Waals surface area (Å²) in [5, 5.41) is 0. The molecule has 0 radical (unpaired) electrons. The van der Waals surface area contributed by atoms with Crippen LogP contribution in [0, 0.1) is 0 Å². The molecule has 0 spiro atoms. The Kier molecular flexibility index (Phi) is 4.44. The van der Waals surface area contributed by atoms with Crippen LogP contribution in [-0.4, -0.2) is 20.3 Å². The van der Waals surface area contributed by atoms with E-state index in [1.54, 1.807) is 12.1 Å². The zero-order valence-corrected chi connectivity index (χ0v) is 10.2. The normalized spacial score (nSPS) is 12.4. The van der Waals surface area contributed by atoms with Gasteiger partial charge < -0.3 is 5.73 Å². The average molecular weight is 282 g/mol. The Balaban J connectivity index is 2.55. The van der Waals surface area contributed by atoms with Crippen LogP contribution in [0.4, 0.5) is 24.5 Å². The molecule has 1 aromatic rings. The first-order valence-electron chi connectivity index (χ1n) is 5.11. The number of hydrogen-bond donors (Lipinski definition) is 2. The monoisotopic (exact) mass is 282 g/mol. The van der Waals surface area contributed by atoms with Gasteiger partial charge in [-0.2, -0.15) is 13.2 Å². The second-order valence-electron chi connectivity index (χ2n) is 3.77. The van der Waals surface area contributed by atoms with Crippen LogP contribution < -0.4 is 10.5 Å². The third-order valence-electron chi connectivity index (χ3n) is 2.03. The number of anilines is 2. The van der Waals surface area contributed by atoms with E-state index in [4.69, 9.17) is 5.73 Å². The Hall–Kier alpha value is -1.44. The van der Waals surface area contributed by atoms with Crippen molar-refractivity contribution in [1.82, 2.24) is 0 Å². The molecule has 0 unspecified atom stereocenters. The first-order chi connectivity index (χ1) is 8.18. The Labute approximate surface area is 103 Å². The van der Waals surface area contributed by atoms with Crippen molar-refractivity contribution in [3.05, 3.63) is 24.3 Å². The van der Waals surface area contributed by atoms with Crippen molar-refractivity contribution in [2.24, 2.45) is 0 Å². The van der Waals surface area contributed by atoms with E-state index in [0.29, 0.717) is 5.69 Å². The highest BCUT2D eigenvalue weighted by molar-refractivity contribution is 7.92. The zero-order valence-electron chi connectivity index (χ0n) is 9.37. The molecule has 1 rings (SSSR count). The van der Waals surface area contributed by atoms with Crippen molar-refractivity contribution in [3.8, 4) is 0 Å². The van der Waals surface area contributed by atoms with E-state index >= 15 is 0 Å². The van der Waals surface area contributed by atoms with Gasteiger partial charge in [0, 0.05) is 12.1 Å². The first-order valence-corrected chi connectivity index (χ1v) is 6.76. The summed E-state index contributed by atoms with van der Waals surface area (Å²) in [5.41, 5.74) is 6.06. The van der Waals surface area contributed by atoms with Crippen LogP contribution in [0.1, 0.15) is 12.8 Å². The van der Waals surface area contributed by atoms with Gasteiger partial charge in [-0.15, -0.1) is 0 Å². The highest BCUT2D eigenvalue weighted by Gasteiger charge is 2.27. The van der Waals surface area contributed by atoms with Gasteiger partial charge in [0.05, 0.1) is 11.4 Å². The van der Waals surface area contributed by atoms with Gasteiger partial charge in [-0.05, 0) is 24.6 Å². The minimum absolute atomic E-state index is 0.238. The molecule has 0 saturated heterocycles.